The minimum atomic E-state index is -1.28. The molecule has 0 aromatic rings. The molecule has 0 aliphatic rings. The van der Waals surface area contributed by atoms with Gasteiger partial charge in [-0.2, -0.15) is 0 Å². The number of carboxylic acid groups (broad SMARTS) is 3. The number of carbonyl (C=O) groups excluding carboxylic acids is 6. The van der Waals surface area contributed by atoms with Crippen LogP contribution in [0.25, 0.3) is 0 Å². The second-order valence-electron chi connectivity index (χ2n) is 7.62. The van der Waals surface area contributed by atoms with Crippen LogP contribution in [0, 0.1) is 0 Å². The van der Waals surface area contributed by atoms with Crippen LogP contribution >= 0.6 is 0 Å². The fourth-order valence-corrected chi connectivity index (χ4v) is 1.58. The first kappa shape index (κ1) is 41.5. The predicted molar refractivity (Wildman–Crippen MR) is 108 cm³/mol. The number of rotatable bonds is 12. The van der Waals surface area contributed by atoms with E-state index in [4.69, 9.17) is 0 Å². The molecule has 0 radical (unpaired) electrons. The first-order valence-corrected chi connectivity index (χ1v) is 10.3. The van der Waals surface area contributed by atoms with Gasteiger partial charge in [0.2, 0.25) is 0 Å². The fraction of sp³-hybridized carbons (Fsp3) is 0.727. The Morgan fingerprint density at radius 1 is 0.545 bits per heavy atom. The average Bonchev–Trinajstić information content (AvgIpc) is 2.52. The molecule has 10 nitrogen and oxygen atoms in total. The van der Waals surface area contributed by atoms with Gasteiger partial charge >= 0.3 is 26.2 Å². The molecule has 0 aromatic carbocycles. The molecule has 11 heteroatoms. The van der Waals surface area contributed by atoms with E-state index in [2.05, 4.69) is 0 Å². The van der Waals surface area contributed by atoms with Crippen molar-refractivity contribution in [3.05, 3.63) is 0 Å². The maximum atomic E-state index is 10.4. The molecule has 0 bridgehead atoms. The van der Waals surface area contributed by atoms with Gasteiger partial charge in [0.1, 0.15) is 17.3 Å². The summed E-state index contributed by atoms with van der Waals surface area (Å²) < 4.78 is 0. The molecule has 0 saturated heterocycles. The van der Waals surface area contributed by atoms with Crippen LogP contribution in [0.1, 0.15) is 99.3 Å². The van der Waals surface area contributed by atoms with Crippen molar-refractivity contribution in [2.75, 3.05) is 0 Å². The van der Waals surface area contributed by atoms with E-state index in [-0.39, 0.29) is 43.6 Å². The molecule has 0 spiro atoms. The van der Waals surface area contributed by atoms with Crippen LogP contribution in [0.4, 0.5) is 0 Å². The maximum Gasteiger partial charge on any atom is 4.00 e. The van der Waals surface area contributed by atoms with Crippen molar-refractivity contribution in [2.24, 2.45) is 0 Å². The second-order valence-corrected chi connectivity index (χ2v) is 7.62. The predicted octanol–water partition coefficient (Wildman–Crippen LogP) is -1.37. The summed E-state index contributed by atoms with van der Waals surface area (Å²) in [7, 11) is 0. The summed E-state index contributed by atoms with van der Waals surface area (Å²) in [5.74, 6) is -4.61. The van der Waals surface area contributed by atoms with Gasteiger partial charge in [0.15, 0.2) is 0 Å². The van der Waals surface area contributed by atoms with Crippen LogP contribution < -0.4 is 20.4 Å². The number of ketones is 3. The molecule has 0 aliphatic heterocycles. The Kier molecular flexibility index (Phi) is 33.4. The number of hydrogen-bond acceptors (Lipinski definition) is 10. The monoisotopic (exact) mass is 550 g/mol. The van der Waals surface area contributed by atoms with Crippen molar-refractivity contribution in [1.82, 2.24) is 0 Å². The molecule has 0 aliphatic carbocycles. The van der Waals surface area contributed by atoms with Gasteiger partial charge in [-0.3, -0.25) is 14.4 Å². The second kappa shape index (κ2) is 26.5. The Balaban J connectivity index is -0.000000107. The molecule has 0 heterocycles. The molecule has 188 valence electrons. The molecule has 0 rings (SSSR count). The Hall–Kier alpha value is -1.74. The van der Waals surface area contributed by atoms with Gasteiger partial charge in [-0.05, 0) is 19.3 Å². The van der Waals surface area contributed by atoms with Crippen molar-refractivity contribution in [3.63, 3.8) is 0 Å². The van der Waals surface area contributed by atoms with Crippen molar-refractivity contribution >= 4 is 35.3 Å². The molecule has 0 unspecified atom stereocenters. The molecular weight excluding hydrogens is 515 g/mol. The Morgan fingerprint density at radius 3 is 0.788 bits per heavy atom. The molecule has 0 fully saturated rings. The van der Waals surface area contributed by atoms with Gasteiger partial charge in [-0.25, -0.2) is 0 Å². The Bertz CT molecular complexity index is 503. The molecule has 0 atom stereocenters. The standard InChI is InChI=1S/3C6H10O3.C4H9O.Zr/c3*1-2-3-5(7)4-6(8)9;1-4(2,3)5;/h3*2-4H2,1H3,(H,8,9);1-3H3;/q;;;-1;+4/p-3. The van der Waals surface area contributed by atoms with Crippen LogP contribution in [-0.4, -0.2) is 40.9 Å². The third kappa shape index (κ3) is 65.1. The number of aliphatic carboxylic acids is 3. The third-order valence-electron chi connectivity index (χ3n) is 2.61. The summed E-state index contributed by atoms with van der Waals surface area (Å²) in [4.78, 5) is 60.6. The van der Waals surface area contributed by atoms with E-state index in [9.17, 15) is 49.2 Å². The fourth-order valence-electron chi connectivity index (χ4n) is 1.58. The van der Waals surface area contributed by atoms with Crippen LogP contribution in [0.2, 0.25) is 0 Å². The van der Waals surface area contributed by atoms with E-state index in [0.717, 1.165) is 0 Å². The number of carbonyl (C=O) groups is 6. The van der Waals surface area contributed by atoms with E-state index >= 15 is 0 Å². The van der Waals surface area contributed by atoms with Crippen LogP contribution in [0.3, 0.4) is 0 Å². The van der Waals surface area contributed by atoms with Gasteiger partial charge in [0.25, 0.3) is 0 Å². The summed E-state index contributed by atoms with van der Waals surface area (Å²) >= 11 is 0. The van der Waals surface area contributed by atoms with Gasteiger partial charge in [0, 0.05) is 56.4 Å². The minimum Gasteiger partial charge on any atom is -0.850 e. The molecule has 0 N–H and O–H groups in total. The van der Waals surface area contributed by atoms with Crippen molar-refractivity contribution < 1.29 is 75.4 Å². The first-order valence-electron chi connectivity index (χ1n) is 10.3. The molecular formula is C22H36O10Zr. The van der Waals surface area contributed by atoms with Gasteiger partial charge in [-0.1, -0.05) is 41.5 Å². The number of carboxylic acids is 3. The van der Waals surface area contributed by atoms with Gasteiger partial charge in [-0.15, -0.1) is 5.60 Å². The SMILES string of the molecule is CC(C)(C)[O-].CCCC(=O)CC(=O)[O-].CCCC(=O)CC(=O)[O-].CCCC(=O)CC(=O)[O-].[Zr+4]. The molecule has 0 aromatic heterocycles. The summed E-state index contributed by atoms with van der Waals surface area (Å²) in [6, 6.07) is 0. The van der Waals surface area contributed by atoms with Crippen LogP contribution in [0.15, 0.2) is 0 Å². The Morgan fingerprint density at radius 2 is 0.697 bits per heavy atom. The average molecular weight is 552 g/mol. The zero-order chi connectivity index (χ0) is 26.3. The van der Waals surface area contributed by atoms with E-state index in [1.165, 1.54) is 0 Å². The smallest absolute Gasteiger partial charge is 0.850 e. The quantitative estimate of drug-likeness (QED) is 0.261. The molecule has 33 heavy (non-hydrogen) atoms. The van der Waals surface area contributed by atoms with E-state index in [1.54, 1.807) is 20.8 Å². The maximum absolute atomic E-state index is 10.4. The Labute approximate surface area is 215 Å². The topological polar surface area (TPSA) is 195 Å². The largest absolute Gasteiger partial charge is 4.00 e. The van der Waals surface area contributed by atoms with E-state index in [0.29, 0.717) is 38.5 Å². The minimum absolute atomic E-state index is 0. The summed E-state index contributed by atoms with van der Waals surface area (Å²) in [5, 5.41) is 39.4. The number of hydrogen-bond donors (Lipinski definition) is 0. The van der Waals surface area contributed by atoms with Crippen molar-refractivity contribution in [3.8, 4) is 0 Å². The summed E-state index contributed by atoms with van der Waals surface area (Å²) in [5.41, 5.74) is -0.750. The van der Waals surface area contributed by atoms with Crippen molar-refractivity contribution in [1.29, 1.82) is 0 Å². The van der Waals surface area contributed by atoms with Gasteiger partial charge in [0.05, 0.1) is 0 Å². The molecule has 0 saturated carbocycles. The first-order chi connectivity index (χ1) is 14.5. The van der Waals surface area contributed by atoms with Gasteiger partial charge < -0.3 is 34.8 Å². The zero-order valence-electron chi connectivity index (χ0n) is 20.4. The van der Waals surface area contributed by atoms with E-state index < -0.39 is 42.8 Å². The molecule has 0 amide bonds. The van der Waals surface area contributed by atoms with Crippen molar-refractivity contribution in [2.45, 2.75) is 105 Å². The summed E-state index contributed by atoms with van der Waals surface area (Å²) in [6.07, 6.45) is 1.82. The normalized spacial score (nSPS) is 9.18. The third-order valence-corrected chi connectivity index (χ3v) is 2.61. The van der Waals surface area contributed by atoms with E-state index in [1.807, 2.05) is 20.8 Å². The zero-order valence-corrected chi connectivity index (χ0v) is 22.9. The van der Waals surface area contributed by atoms with Crippen LogP contribution in [0.5, 0.6) is 0 Å². The summed E-state index contributed by atoms with van der Waals surface area (Å²) in [6.45, 7) is 10.4. The van der Waals surface area contributed by atoms with Crippen LogP contribution in [-0.2, 0) is 55.0 Å². The number of Topliss-reactive ketones (excluding diaryl/α,β-unsaturated/α-hetero) is 3.